The summed E-state index contributed by atoms with van der Waals surface area (Å²) in [5.41, 5.74) is 1.23. The molecule has 122 valence electrons. The minimum atomic E-state index is 0.187. The van der Waals surface area contributed by atoms with E-state index < -0.39 is 0 Å². The van der Waals surface area contributed by atoms with Crippen LogP contribution in [0.5, 0.6) is 5.75 Å². The van der Waals surface area contributed by atoms with Gasteiger partial charge >= 0.3 is 0 Å². The number of pyridine rings is 1. The number of aromatic nitrogens is 1. The van der Waals surface area contributed by atoms with E-state index in [1.165, 1.54) is 5.56 Å². The van der Waals surface area contributed by atoms with Crippen LogP contribution in [0, 0.1) is 5.92 Å². The number of ether oxygens (including phenoxy) is 1. The van der Waals surface area contributed by atoms with Crippen LogP contribution in [0.2, 0.25) is 5.15 Å². The maximum atomic E-state index is 11.6. The molecule has 1 atom stereocenters. The second-order valence-corrected chi connectivity index (χ2v) is 6.90. The molecule has 1 aromatic heterocycles. The summed E-state index contributed by atoms with van der Waals surface area (Å²) in [5, 5.41) is 2.54. The molecule has 0 N–H and O–H groups in total. The van der Waals surface area contributed by atoms with E-state index in [1.54, 1.807) is 11.1 Å². The van der Waals surface area contributed by atoms with Crippen LogP contribution in [0.1, 0.15) is 31.7 Å². The highest BCUT2D eigenvalue weighted by molar-refractivity contribution is 6.30. The molecule has 1 aliphatic rings. The molecular weight excluding hydrogens is 312 g/mol. The van der Waals surface area contributed by atoms with Crippen molar-refractivity contribution < 1.29 is 9.53 Å². The topological polar surface area (TPSA) is 42.4 Å². The number of amides is 1. The van der Waals surface area contributed by atoms with Gasteiger partial charge in [-0.05, 0) is 29.0 Å². The average molecular weight is 333 g/mol. The van der Waals surface area contributed by atoms with E-state index in [9.17, 15) is 4.79 Å². The zero-order valence-electron chi connectivity index (χ0n) is 13.7. The Morgan fingerprint density at radius 1 is 1.39 bits per heavy atom. The first-order valence-corrected chi connectivity index (χ1v) is 8.28. The highest BCUT2D eigenvalue weighted by Crippen LogP contribution is 2.33. The van der Waals surface area contributed by atoms with Crippen LogP contribution in [-0.2, 0) is 4.79 Å². The molecule has 0 aliphatic carbocycles. The van der Waals surface area contributed by atoms with Gasteiger partial charge in [0.2, 0.25) is 5.91 Å². The molecule has 1 aliphatic heterocycles. The van der Waals surface area contributed by atoms with Crippen LogP contribution in [0.4, 0.5) is 0 Å². The van der Waals surface area contributed by atoms with E-state index >= 15 is 0 Å². The van der Waals surface area contributed by atoms with E-state index in [4.69, 9.17) is 16.3 Å². The molecule has 5 heteroatoms. The fraction of sp³-hybridized carbons (Fsp3) is 0.444. The molecule has 0 spiro atoms. The zero-order chi connectivity index (χ0) is 16.6. The molecule has 1 aromatic carbocycles. The van der Waals surface area contributed by atoms with E-state index in [1.807, 2.05) is 19.2 Å². The minimum absolute atomic E-state index is 0.187. The first kappa shape index (κ1) is 16.1. The van der Waals surface area contributed by atoms with E-state index in [0.29, 0.717) is 24.1 Å². The smallest absolute Gasteiger partial charge is 0.222 e. The van der Waals surface area contributed by atoms with Crippen molar-refractivity contribution >= 4 is 28.3 Å². The van der Waals surface area contributed by atoms with Crippen molar-refractivity contribution in [2.75, 3.05) is 20.2 Å². The molecule has 1 saturated heterocycles. The maximum Gasteiger partial charge on any atom is 0.222 e. The Morgan fingerprint density at radius 3 is 2.83 bits per heavy atom. The molecule has 1 amide bonds. The van der Waals surface area contributed by atoms with Gasteiger partial charge in [0.15, 0.2) is 0 Å². The minimum Gasteiger partial charge on any atom is -0.493 e. The van der Waals surface area contributed by atoms with Gasteiger partial charge in [0.25, 0.3) is 0 Å². The normalized spacial score (nSPS) is 18.2. The Morgan fingerprint density at radius 2 is 2.17 bits per heavy atom. The second kappa shape index (κ2) is 6.36. The molecule has 3 rings (SSSR count). The lowest BCUT2D eigenvalue weighted by Crippen LogP contribution is -2.20. The third kappa shape index (κ3) is 3.27. The van der Waals surface area contributed by atoms with Crippen LogP contribution in [0.3, 0.4) is 0 Å². The Bertz CT molecular complexity index is 745. The fourth-order valence-corrected chi connectivity index (χ4v) is 3.27. The molecule has 4 nitrogen and oxygen atoms in total. The van der Waals surface area contributed by atoms with Gasteiger partial charge in [0.1, 0.15) is 10.9 Å². The summed E-state index contributed by atoms with van der Waals surface area (Å²) in [6.45, 7) is 5.60. The molecule has 1 unspecified atom stereocenters. The van der Waals surface area contributed by atoms with Gasteiger partial charge in [-0.1, -0.05) is 31.5 Å². The SMILES string of the molecule is CC(C)c1ccc(OCC2CC(=O)N(C)C2)c2cnc(Cl)cc12. The fourth-order valence-electron chi connectivity index (χ4n) is 3.12. The average Bonchev–Trinajstić information content (AvgIpc) is 2.82. The van der Waals surface area contributed by atoms with Crippen molar-refractivity contribution in [3.05, 3.63) is 35.1 Å². The maximum absolute atomic E-state index is 11.6. The highest BCUT2D eigenvalue weighted by atomic mass is 35.5. The largest absolute Gasteiger partial charge is 0.493 e. The summed E-state index contributed by atoms with van der Waals surface area (Å²) < 4.78 is 6.01. The predicted molar refractivity (Wildman–Crippen MR) is 92.1 cm³/mol. The zero-order valence-corrected chi connectivity index (χ0v) is 14.4. The third-order valence-corrected chi connectivity index (χ3v) is 4.59. The van der Waals surface area contributed by atoms with E-state index in [0.717, 1.165) is 23.1 Å². The Labute approximate surface area is 141 Å². The Kier molecular flexibility index (Phi) is 4.44. The number of carbonyl (C=O) groups excluding carboxylic acids is 1. The number of benzene rings is 1. The van der Waals surface area contributed by atoms with Crippen molar-refractivity contribution in [1.82, 2.24) is 9.88 Å². The van der Waals surface area contributed by atoms with Crippen molar-refractivity contribution in [2.24, 2.45) is 5.92 Å². The molecule has 0 radical (unpaired) electrons. The molecule has 23 heavy (non-hydrogen) atoms. The number of fused-ring (bicyclic) bond motifs is 1. The van der Waals surface area contributed by atoms with E-state index in [2.05, 4.69) is 24.9 Å². The van der Waals surface area contributed by atoms with Crippen LogP contribution < -0.4 is 4.74 Å². The van der Waals surface area contributed by atoms with Crippen LogP contribution in [0.25, 0.3) is 10.8 Å². The molecule has 2 heterocycles. The lowest BCUT2D eigenvalue weighted by molar-refractivity contribution is -0.126. The number of rotatable bonds is 4. The number of nitrogens with zero attached hydrogens (tertiary/aromatic N) is 2. The predicted octanol–water partition coefficient (Wildman–Crippen LogP) is 3.87. The van der Waals surface area contributed by atoms with Crippen molar-refractivity contribution in [3.63, 3.8) is 0 Å². The Hall–Kier alpha value is -1.81. The molecular formula is C18H21ClN2O2. The van der Waals surface area contributed by atoms with Crippen molar-refractivity contribution in [3.8, 4) is 5.75 Å². The number of carbonyl (C=O) groups is 1. The molecule has 1 fully saturated rings. The number of halogens is 1. The van der Waals surface area contributed by atoms with Gasteiger partial charge in [-0.2, -0.15) is 0 Å². The number of hydrogen-bond acceptors (Lipinski definition) is 3. The first-order chi connectivity index (χ1) is 11.0. The van der Waals surface area contributed by atoms with Crippen LogP contribution >= 0.6 is 11.6 Å². The van der Waals surface area contributed by atoms with Gasteiger partial charge in [-0.25, -0.2) is 4.98 Å². The molecule has 0 bridgehead atoms. The van der Waals surface area contributed by atoms with Crippen molar-refractivity contribution in [2.45, 2.75) is 26.2 Å². The van der Waals surface area contributed by atoms with Gasteiger partial charge < -0.3 is 9.64 Å². The van der Waals surface area contributed by atoms with Crippen molar-refractivity contribution in [1.29, 1.82) is 0 Å². The summed E-state index contributed by atoms with van der Waals surface area (Å²) >= 11 is 6.07. The summed E-state index contributed by atoms with van der Waals surface area (Å²) in [6.07, 6.45) is 2.33. The monoisotopic (exact) mass is 332 g/mol. The van der Waals surface area contributed by atoms with Gasteiger partial charge in [-0.3, -0.25) is 4.79 Å². The number of hydrogen-bond donors (Lipinski definition) is 0. The Balaban J connectivity index is 1.87. The summed E-state index contributed by atoms with van der Waals surface area (Å²) in [4.78, 5) is 17.6. The highest BCUT2D eigenvalue weighted by Gasteiger charge is 2.27. The molecule has 2 aromatic rings. The standard InChI is InChI=1S/C18H21ClN2O2/c1-11(2)13-4-5-16(15-8-20-17(19)7-14(13)15)23-10-12-6-18(22)21(3)9-12/h4-5,7-8,11-12H,6,9-10H2,1-3H3. The van der Waals surface area contributed by atoms with Gasteiger partial charge in [0.05, 0.1) is 6.61 Å². The van der Waals surface area contributed by atoms with Crippen LogP contribution in [-0.4, -0.2) is 36.0 Å². The third-order valence-electron chi connectivity index (χ3n) is 4.38. The first-order valence-electron chi connectivity index (χ1n) is 7.90. The van der Waals surface area contributed by atoms with Gasteiger partial charge in [0, 0.05) is 37.5 Å². The summed E-state index contributed by atoms with van der Waals surface area (Å²) in [6, 6.07) is 5.98. The lowest BCUT2D eigenvalue weighted by atomic mass is 9.97. The van der Waals surface area contributed by atoms with Crippen LogP contribution in [0.15, 0.2) is 24.4 Å². The summed E-state index contributed by atoms with van der Waals surface area (Å²) in [5.74, 6) is 1.63. The molecule has 0 saturated carbocycles. The van der Waals surface area contributed by atoms with E-state index in [-0.39, 0.29) is 11.8 Å². The number of likely N-dealkylation sites (tertiary alicyclic amines) is 1. The summed E-state index contributed by atoms with van der Waals surface area (Å²) in [7, 11) is 1.83. The second-order valence-electron chi connectivity index (χ2n) is 6.52. The lowest BCUT2D eigenvalue weighted by Gasteiger charge is -2.16. The van der Waals surface area contributed by atoms with Gasteiger partial charge in [-0.15, -0.1) is 0 Å². The quantitative estimate of drug-likeness (QED) is 0.798.